The highest BCUT2D eigenvalue weighted by Crippen LogP contribution is 1.98. The van der Waals surface area contributed by atoms with Crippen LogP contribution in [0.5, 0.6) is 0 Å². The monoisotopic (exact) mass is 329 g/mol. The predicted molar refractivity (Wildman–Crippen MR) is 100 cm³/mol. The van der Waals surface area contributed by atoms with Gasteiger partial charge >= 0.3 is 0 Å². The van der Waals surface area contributed by atoms with Crippen molar-refractivity contribution < 1.29 is 0 Å². The Kier molecular flexibility index (Phi) is 27.7. The first-order chi connectivity index (χ1) is 11.3. The van der Waals surface area contributed by atoms with Crippen molar-refractivity contribution in [3.8, 4) is 0 Å². The topological polar surface area (TPSA) is 125 Å². The molecular weight excluding hydrogens is 290 g/mol. The minimum absolute atomic E-state index is 0.663. The van der Waals surface area contributed by atoms with Crippen molar-refractivity contribution in [3.63, 3.8) is 0 Å². The lowest BCUT2D eigenvalue weighted by atomic mass is 10.2. The summed E-state index contributed by atoms with van der Waals surface area (Å²) < 4.78 is 0. The largest absolute Gasteiger partial charge is 0.330 e. The van der Waals surface area contributed by atoms with Gasteiger partial charge in [-0.25, -0.2) is 0 Å². The molecule has 0 spiro atoms. The second kappa shape index (κ2) is 26.1. The number of nitrogens with one attached hydrogen (secondary N) is 2. The van der Waals surface area contributed by atoms with E-state index in [-0.39, 0.29) is 0 Å². The van der Waals surface area contributed by atoms with Crippen LogP contribution < -0.4 is 22.1 Å². The first-order valence-corrected chi connectivity index (χ1v) is 9.15. The molecule has 6 N–H and O–H groups in total. The van der Waals surface area contributed by atoms with Crippen LogP contribution in [0, 0.1) is 0 Å². The summed E-state index contributed by atoms with van der Waals surface area (Å²) in [5.74, 6) is 0. The third-order valence-electron chi connectivity index (χ3n) is 3.25. The standard InChI is InChI=1S/C10H26N4.C6H13N3/c11-5-3-9-13-7-1-2-8-14-10-4-6-12;1-2-3-4-5-6-8-9-7/h13-14H,1-12H2;2-6H2,1H3. The Morgan fingerprint density at radius 3 is 1.74 bits per heavy atom. The molecule has 0 saturated carbocycles. The van der Waals surface area contributed by atoms with Crippen molar-refractivity contribution in [2.45, 2.75) is 58.3 Å². The van der Waals surface area contributed by atoms with Crippen LogP contribution in [0.1, 0.15) is 58.3 Å². The zero-order chi connectivity index (χ0) is 17.4. The molecule has 0 aromatic carbocycles. The van der Waals surface area contributed by atoms with E-state index < -0.39 is 0 Å². The summed E-state index contributed by atoms with van der Waals surface area (Å²) in [6.07, 6.45) is 9.34. The molecule has 0 heterocycles. The molecule has 0 bridgehead atoms. The van der Waals surface area contributed by atoms with Gasteiger partial charge in [-0.2, -0.15) is 0 Å². The van der Waals surface area contributed by atoms with E-state index in [0.717, 1.165) is 58.5 Å². The maximum absolute atomic E-state index is 7.88. The smallest absolute Gasteiger partial charge is 0.0257 e. The van der Waals surface area contributed by atoms with E-state index in [1.54, 1.807) is 0 Å². The normalized spacial score (nSPS) is 9.87. The second-order valence-electron chi connectivity index (χ2n) is 5.51. The molecule has 7 nitrogen and oxygen atoms in total. The third-order valence-corrected chi connectivity index (χ3v) is 3.25. The van der Waals surface area contributed by atoms with Crippen molar-refractivity contribution in [1.82, 2.24) is 10.6 Å². The number of rotatable bonds is 16. The molecule has 0 aliphatic carbocycles. The van der Waals surface area contributed by atoms with Crippen LogP contribution in [-0.2, 0) is 0 Å². The SMILES string of the molecule is CCCCCCN=[N+]=[N-].NCCCNCCCCNCCCN. The molecule has 0 radical (unpaired) electrons. The number of hydrogen-bond donors (Lipinski definition) is 4. The van der Waals surface area contributed by atoms with E-state index in [4.69, 9.17) is 17.0 Å². The Morgan fingerprint density at radius 2 is 1.30 bits per heavy atom. The molecule has 0 rings (SSSR count). The molecule has 0 atom stereocenters. The van der Waals surface area contributed by atoms with E-state index in [1.165, 1.54) is 32.1 Å². The molecule has 0 fully saturated rings. The quantitative estimate of drug-likeness (QED) is 0.150. The molecule has 23 heavy (non-hydrogen) atoms. The maximum Gasteiger partial charge on any atom is 0.0257 e. The Bertz CT molecular complexity index is 231. The number of nitrogens with zero attached hydrogens (tertiary/aromatic N) is 3. The van der Waals surface area contributed by atoms with E-state index in [0.29, 0.717) is 6.54 Å². The zero-order valence-corrected chi connectivity index (χ0v) is 15.1. The fraction of sp³-hybridized carbons (Fsp3) is 1.00. The van der Waals surface area contributed by atoms with Gasteiger partial charge in [0.15, 0.2) is 0 Å². The van der Waals surface area contributed by atoms with Gasteiger partial charge in [-0.1, -0.05) is 31.3 Å². The lowest BCUT2D eigenvalue weighted by Gasteiger charge is -2.04. The molecule has 0 aliphatic rings. The Morgan fingerprint density at radius 1 is 0.783 bits per heavy atom. The lowest BCUT2D eigenvalue weighted by molar-refractivity contribution is 0.570. The number of unbranched alkanes of at least 4 members (excludes halogenated alkanes) is 4. The molecule has 138 valence electrons. The maximum atomic E-state index is 7.88. The van der Waals surface area contributed by atoms with Crippen LogP contribution >= 0.6 is 0 Å². The van der Waals surface area contributed by atoms with E-state index >= 15 is 0 Å². The number of nitrogens with two attached hydrogens (primary N) is 2. The Labute approximate surface area is 142 Å². The van der Waals surface area contributed by atoms with Crippen molar-refractivity contribution in [2.75, 3.05) is 45.8 Å². The van der Waals surface area contributed by atoms with Gasteiger partial charge < -0.3 is 22.1 Å². The van der Waals surface area contributed by atoms with Gasteiger partial charge in [0.05, 0.1) is 0 Å². The van der Waals surface area contributed by atoms with E-state index in [1.807, 2.05) is 0 Å². The van der Waals surface area contributed by atoms with Gasteiger partial charge in [0.25, 0.3) is 0 Å². The van der Waals surface area contributed by atoms with Crippen molar-refractivity contribution in [2.24, 2.45) is 16.6 Å². The summed E-state index contributed by atoms with van der Waals surface area (Å²) in [5, 5.41) is 10.1. The summed E-state index contributed by atoms with van der Waals surface area (Å²) >= 11 is 0. The molecule has 0 unspecified atom stereocenters. The van der Waals surface area contributed by atoms with Crippen LogP contribution in [-0.4, -0.2) is 45.8 Å². The van der Waals surface area contributed by atoms with Gasteiger partial charge in [0, 0.05) is 11.5 Å². The average Bonchev–Trinajstić information content (AvgIpc) is 2.57. The van der Waals surface area contributed by atoms with Crippen LogP contribution in [0.15, 0.2) is 5.11 Å². The first kappa shape index (κ1) is 24.4. The summed E-state index contributed by atoms with van der Waals surface area (Å²) in [6.45, 7) is 8.72. The van der Waals surface area contributed by atoms with Crippen LogP contribution in [0.2, 0.25) is 0 Å². The van der Waals surface area contributed by atoms with Gasteiger partial charge in [-0.15, -0.1) is 0 Å². The highest BCUT2D eigenvalue weighted by Gasteiger charge is 1.89. The summed E-state index contributed by atoms with van der Waals surface area (Å²) in [5.41, 5.74) is 18.6. The Hall–Kier alpha value is -0.850. The van der Waals surface area contributed by atoms with Crippen molar-refractivity contribution in [3.05, 3.63) is 10.4 Å². The highest BCUT2D eigenvalue weighted by atomic mass is 15.1. The predicted octanol–water partition coefficient (Wildman–Crippen LogP) is 2.52. The minimum Gasteiger partial charge on any atom is -0.330 e. The Balaban J connectivity index is 0. The molecule has 0 amide bonds. The molecule has 0 aromatic heterocycles. The van der Waals surface area contributed by atoms with E-state index in [2.05, 4.69) is 27.6 Å². The van der Waals surface area contributed by atoms with E-state index in [9.17, 15) is 0 Å². The fourth-order valence-electron chi connectivity index (χ4n) is 1.86. The number of hydrogen-bond acceptors (Lipinski definition) is 5. The summed E-state index contributed by atoms with van der Waals surface area (Å²) in [6, 6.07) is 0. The van der Waals surface area contributed by atoms with Crippen molar-refractivity contribution >= 4 is 0 Å². The highest BCUT2D eigenvalue weighted by molar-refractivity contribution is 4.52. The molecule has 0 aliphatic heterocycles. The number of azide groups is 1. The molecule has 0 saturated heterocycles. The molecule has 0 aromatic rings. The fourth-order valence-corrected chi connectivity index (χ4v) is 1.86. The molecular formula is C16H39N7. The minimum atomic E-state index is 0.663. The lowest BCUT2D eigenvalue weighted by Crippen LogP contribution is -2.22. The summed E-state index contributed by atoms with van der Waals surface area (Å²) in [4.78, 5) is 2.66. The van der Waals surface area contributed by atoms with Crippen LogP contribution in [0.3, 0.4) is 0 Å². The first-order valence-electron chi connectivity index (χ1n) is 9.15. The zero-order valence-electron chi connectivity index (χ0n) is 15.1. The molecule has 7 heteroatoms. The average molecular weight is 330 g/mol. The van der Waals surface area contributed by atoms with Crippen molar-refractivity contribution in [1.29, 1.82) is 0 Å². The third kappa shape index (κ3) is 29.7. The second-order valence-corrected chi connectivity index (χ2v) is 5.51. The summed E-state index contributed by atoms with van der Waals surface area (Å²) in [7, 11) is 0. The van der Waals surface area contributed by atoms with Gasteiger partial charge in [-0.05, 0) is 76.9 Å². The van der Waals surface area contributed by atoms with Crippen LogP contribution in [0.4, 0.5) is 0 Å². The van der Waals surface area contributed by atoms with Gasteiger partial charge in [0.2, 0.25) is 0 Å². The van der Waals surface area contributed by atoms with Gasteiger partial charge in [0.1, 0.15) is 0 Å². The van der Waals surface area contributed by atoms with Crippen LogP contribution in [0.25, 0.3) is 10.4 Å². The van der Waals surface area contributed by atoms with Gasteiger partial charge in [-0.3, -0.25) is 0 Å².